The van der Waals surface area contributed by atoms with Crippen LogP contribution in [-0.4, -0.2) is 24.1 Å². The lowest BCUT2D eigenvalue weighted by Gasteiger charge is -2.62. The van der Waals surface area contributed by atoms with Gasteiger partial charge in [-0.15, -0.1) is 0 Å². The lowest BCUT2D eigenvalue weighted by atomic mass is 9.43. The molecule has 0 aliphatic heterocycles. The summed E-state index contributed by atoms with van der Waals surface area (Å²) >= 11 is 0. The third-order valence-electron chi connectivity index (χ3n) is 13.4. The van der Waals surface area contributed by atoms with E-state index in [1.54, 1.807) is 6.92 Å². The van der Waals surface area contributed by atoms with E-state index in [0.717, 1.165) is 32.1 Å². The van der Waals surface area contributed by atoms with Crippen molar-refractivity contribution in [1.29, 1.82) is 0 Å². The van der Waals surface area contributed by atoms with Crippen LogP contribution in [0.25, 0.3) is 0 Å². The summed E-state index contributed by atoms with van der Waals surface area (Å²) in [6, 6.07) is 22.0. The molecule has 4 saturated carbocycles. The lowest BCUT2D eigenvalue weighted by Crippen LogP contribution is -2.59. The molecule has 238 valence electrons. The van der Waals surface area contributed by atoms with Gasteiger partial charge in [0.25, 0.3) is 0 Å². The van der Waals surface area contributed by atoms with Crippen LogP contribution < -0.4 is 0 Å². The predicted molar refractivity (Wildman–Crippen MR) is 175 cm³/mol. The molecule has 4 aliphatic carbocycles. The smallest absolute Gasteiger partial charge is 0.302 e. The fraction of sp³-hybridized carbons (Fsp3) is 0.650. The Morgan fingerprint density at radius 2 is 1.41 bits per heavy atom. The summed E-state index contributed by atoms with van der Waals surface area (Å²) in [5.41, 5.74) is 3.03. The van der Waals surface area contributed by atoms with Gasteiger partial charge in [-0.05, 0) is 116 Å². The van der Waals surface area contributed by atoms with Gasteiger partial charge in [0.05, 0.1) is 0 Å². The molecule has 4 nitrogen and oxygen atoms in total. The molecule has 0 bridgehead atoms. The van der Waals surface area contributed by atoms with Crippen LogP contribution in [0.3, 0.4) is 0 Å². The minimum absolute atomic E-state index is 0.0133. The van der Waals surface area contributed by atoms with Crippen molar-refractivity contribution in [1.82, 2.24) is 0 Å². The summed E-state index contributed by atoms with van der Waals surface area (Å²) in [6.07, 6.45) is 11.3. The van der Waals surface area contributed by atoms with E-state index in [4.69, 9.17) is 9.47 Å². The monoisotopic (exact) mass is 598 g/mol. The fourth-order valence-electron chi connectivity index (χ4n) is 11.4. The maximum Gasteiger partial charge on any atom is 0.302 e. The second kappa shape index (κ2) is 12.6. The topological polar surface area (TPSA) is 52.6 Å². The van der Waals surface area contributed by atoms with Crippen LogP contribution in [0, 0.1) is 46.3 Å². The number of hydrogen-bond donors (Lipinski definition) is 0. The molecule has 0 N–H and O–H groups in total. The molecule has 0 radical (unpaired) electrons. The third kappa shape index (κ3) is 5.76. The van der Waals surface area contributed by atoms with Crippen molar-refractivity contribution in [2.75, 3.05) is 0 Å². The van der Waals surface area contributed by atoms with Crippen LogP contribution in [0.1, 0.15) is 116 Å². The average Bonchev–Trinajstić information content (AvgIpc) is 3.37. The van der Waals surface area contributed by atoms with Crippen LogP contribution in [0.15, 0.2) is 60.7 Å². The van der Waals surface area contributed by atoms with E-state index in [2.05, 4.69) is 81.4 Å². The second-order valence-electron chi connectivity index (χ2n) is 15.5. The van der Waals surface area contributed by atoms with Gasteiger partial charge < -0.3 is 9.47 Å². The molecular formula is C40H54O4. The molecule has 0 saturated heterocycles. The van der Waals surface area contributed by atoms with Crippen LogP contribution in [0.2, 0.25) is 0 Å². The molecule has 2 aromatic rings. The number of hydrogen-bond acceptors (Lipinski definition) is 4. The maximum atomic E-state index is 12.6. The first kappa shape index (κ1) is 31.4. The van der Waals surface area contributed by atoms with Crippen molar-refractivity contribution in [3.63, 3.8) is 0 Å². The number of carbonyl (C=O) groups is 2. The summed E-state index contributed by atoms with van der Waals surface area (Å²) in [5, 5.41) is 0. The molecule has 0 aromatic heterocycles. The van der Waals surface area contributed by atoms with Gasteiger partial charge in [-0.3, -0.25) is 9.59 Å². The van der Waals surface area contributed by atoms with Gasteiger partial charge in [-0.25, -0.2) is 0 Å². The van der Waals surface area contributed by atoms with Crippen molar-refractivity contribution >= 4 is 11.9 Å². The SMILES string of the molecule is CC(=O)OC1CCC2(C)C(CCC3C2CC(OC(C)=O)C2(C)C(C(C)CCC(c4ccccc4)c4ccccc4)CCC32)C1. The Bertz CT molecular complexity index is 1250. The molecule has 0 amide bonds. The first-order valence-electron chi connectivity index (χ1n) is 17.6. The van der Waals surface area contributed by atoms with E-state index in [1.807, 2.05) is 0 Å². The Balaban J connectivity index is 1.22. The molecule has 4 fully saturated rings. The summed E-state index contributed by atoms with van der Waals surface area (Å²) in [7, 11) is 0. The summed E-state index contributed by atoms with van der Waals surface area (Å²) in [4.78, 5) is 24.4. The van der Waals surface area contributed by atoms with Gasteiger partial charge in [-0.1, -0.05) is 81.4 Å². The first-order chi connectivity index (χ1) is 21.1. The number of ether oxygens (including phenoxy) is 2. The number of carbonyl (C=O) groups excluding carboxylic acids is 2. The van der Waals surface area contributed by atoms with Gasteiger partial charge in [-0.2, -0.15) is 0 Å². The summed E-state index contributed by atoms with van der Waals surface area (Å²) < 4.78 is 12.1. The van der Waals surface area contributed by atoms with Crippen LogP contribution in [0.4, 0.5) is 0 Å². The minimum Gasteiger partial charge on any atom is -0.463 e. The molecule has 0 spiro atoms. The first-order valence-corrected chi connectivity index (χ1v) is 17.6. The Kier molecular flexibility index (Phi) is 9.01. The standard InChI is InChI=1S/C40H54O4/c1-26(16-18-33(29-12-8-6-9-13-29)30-14-10-7-11-15-30)35-20-21-36-34-19-17-31-24-32(43-27(2)41)22-23-39(31,4)37(34)25-38(40(35,36)5)44-28(3)42/h6-15,26,31-38H,16-25H2,1-5H3. The molecule has 10 unspecified atom stereocenters. The highest BCUT2D eigenvalue weighted by molar-refractivity contribution is 5.66. The number of fused-ring (bicyclic) bond motifs is 5. The van der Waals surface area contributed by atoms with Crippen molar-refractivity contribution in [2.24, 2.45) is 46.3 Å². The molecule has 6 rings (SSSR count). The molecule has 10 atom stereocenters. The van der Waals surface area contributed by atoms with Crippen LogP contribution in [0.5, 0.6) is 0 Å². The van der Waals surface area contributed by atoms with E-state index in [1.165, 1.54) is 50.2 Å². The highest BCUT2D eigenvalue weighted by Gasteiger charge is 2.65. The highest BCUT2D eigenvalue weighted by atomic mass is 16.5. The molecule has 4 aliphatic rings. The van der Waals surface area contributed by atoms with Crippen molar-refractivity contribution in [2.45, 2.75) is 117 Å². The summed E-state index contributed by atoms with van der Waals surface area (Å²) in [5.74, 6) is 3.65. The van der Waals surface area contributed by atoms with E-state index in [9.17, 15) is 9.59 Å². The highest BCUT2D eigenvalue weighted by Crippen LogP contribution is 2.69. The maximum absolute atomic E-state index is 12.6. The van der Waals surface area contributed by atoms with Gasteiger partial charge in [0.2, 0.25) is 0 Å². The Morgan fingerprint density at radius 3 is 2.02 bits per heavy atom. The molecule has 2 aromatic carbocycles. The summed E-state index contributed by atoms with van der Waals surface area (Å²) in [6.45, 7) is 10.7. The third-order valence-corrected chi connectivity index (χ3v) is 13.4. The van der Waals surface area contributed by atoms with E-state index >= 15 is 0 Å². The van der Waals surface area contributed by atoms with E-state index < -0.39 is 0 Å². The van der Waals surface area contributed by atoms with Crippen molar-refractivity contribution < 1.29 is 19.1 Å². The van der Waals surface area contributed by atoms with Crippen LogP contribution >= 0.6 is 0 Å². The second-order valence-corrected chi connectivity index (χ2v) is 15.5. The zero-order valence-corrected chi connectivity index (χ0v) is 27.7. The zero-order chi connectivity index (χ0) is 31.1. The Hall–Kier alpha value is -2.62. The minimum atomic E-state index is -0.152. The zero-order valence-electron chi connectivity index (χ0n) is 27.7. The van der Waals surface area contributed by atoms with Crippen molar-refractivity contribution in [3.8, 4) is 0 Å². The predicted octanol–water partition coefficient (Wildman–Crippen LogP) is 9.37. The van der Waals surface area contributed by atoms with Gasteiger partial charge in [0, 0.05) is 25.2 Å². The normalized spacial score (nSPS) is 36.9. The van der Waals surface area contributed by atoms with Gasteiger partial charge in [0.1, 0.15) is 12.2 Å². The quantitative estimate of drug-likeness (QED) is 0.284. The lowest BCUT2D eigenvalue weighted by molar-refractivity contribution is -0.197. The van der Waals surface area contributed by atoms with Crippen LogP contribution in [-0.2, 0) is 19.1 Å². The molecule has 44 heavy (non-hydrogen) atoms. The Morgan fingerprint density at radius 1 is 0.773 bits per heavy atom. The fourth-order valence-corrected chi connectivity index (χ4v) is 11.4. The number of rotatable bonds is 8. The van der Waals surface area contributed by atoms with E-state index in [-0.39, 0.29) is 35.0 Å². The number of benzene rings is 2. The number of esters is 2. The Labute approximate surface area is 265 Å². The average molecular weight is 599 g/mol. The largest absolute Gasteiger partial charge is 0.463 e. The molecular weight excluding hydrogens is 544 g/mol. The van der Waals surface area contributed by atoms with Gasteiger partial charge >= 0.3 is 11.9 Å². The van der Waals surface area contributed by atoms with Gasteiger partial charge in [0.15, 0.2) is 0 Å². The van der Waals surface area contributed by atoms with E-state index in [0.29, 0.717) is 41.4 Å². The molecule has 0 heterocycles. The molecule has 4 heteroatoms. The van der Waals surface area contributed by atoms with Crippen molar-refractivity contribution in [3.05, 3.63) is 71.8 Å².